The van der Waals surface area contributed by atoms with Gasteiger partial charge in [-0.05, 0) is 18.4 Å². The van der Waals surface area contributed by atoms with Crippen molar-refractivity contribution in [1.82, 2.24) is 9.78 Å². The predicted octanol–water partition coefficient (Wildman–Crippen LogP) is 5.79. The fraction of sp³-hybridized carbons (Fsp3) is 0.250. The second-order valence-corrected chi connectivity index (χ2v) is 6.10. The largest absolute Gasteiger partial charge is 0.416 e. The van der Waals surface area contributed by atoms with E-state index in [9.17, 15) is 13.2 Å². The highest BCUT2D eigenvalue weighted by Gasteiger charge is 2.32. The van der Waals surface area contributed by atoms with Gasteiger partial charge in [0.2, 0.25) is 0 Å². The van der Waals surface area contributed by atoms with Crippen LogP contribution >= 0.6 is 46.6 Å². The number of alkyl halides is 3. The molecule has 9 heteroatoms. The lowest BCUT2D eigenvalue weighted by molar-refractivity contribution is -0.137. The van der Waals surface area contributed by atoms with Crippen LogP contribution in [0.3, 0.4) is 0 Å². The minimum atomic E-state index is -4.52. The first-order valence-electron chi connectivity index (χ1n) is 5.50. The Labute approximate surface area is 138 Å². The molecule has 0 aliphatic rings. The first-order valence-corrected chi connectivity index (χ1v) is 7.85. The van der Waals surface area contributed by atoms with Crippen LogP contribution in [0.4, 0.5) is 13.2 Å². The maximum Gasteiger partial charge on any atom is 0.416 e. The minimum Gasteiger partial charge on any atom is -0.260 e. The van der Waals surface area contributed by atoms with Gasteiger partial charge in [0.1, 0.15) is 15.7 Å². The standard InChI is InChI=1S/C12H8Cl3F3N2S/c1-20-11(21-2)9(15)10(19-20)8-6(13)3-5(4-7(8)14)12(16,17)18/h3-4H,1-2H3. The molecule has 0 unspecified atom stereocenters. The average Bonchev–Trinajstić information content (AvgIpc) is 2.62. The van der Waals surface area contributed by atoms with E-state index in [1.165, 1.54) is 16.4 Å². The Morgan fingerprint density at radius 2 is 1.67 bits per heavy atom. The molecule has 1 aromatic heterocycles. The number of thioether (sulfide) groups is 1. The van der Waals surface area contributed by atoms with Gasteiger partial charge >= 0.3 is 6.18 Å². The van der Waals surface area contributed by atoms with Gasteiger partial charge in [0.15, 0.2) is 0 Å². The Morgan fingerprint density at radius 1 is 1.14 bits per heavy atom. The van der Waals surface area contributed by atoms with Crippen LogP contribution in [0.5, 0.6) is 0 Å². The molecule has 0 saturated heterocycles. The van der Waals surface area contributed by atoms with Crippen molar-refractivity contribution in [2.75, 3.05) is 6.26 Å². The van der Waals surface area contributed by atoms with Gasteiger partial charge in [-0.25, -0.2) is 0 Å². The van der Waals surface area contributed by atoms with Crippen molar-refractivity contribution in [2.24, 2.45) is 7.05 Å². The second kappa shape index (κ2) is 5.91. The molecule has 0 N–H and O–H groups in total. The molecule has 0 atom stereocenters. The highest BCUT2D eigenvalue weighted by Crippen LogP contribution is 2.43. The summed E-state index contributed by atoms with van der Waals surface area (Å²) in [6.07, 6.45) is -2.72. The highest BCUT2D eigenvalue weighted by molar-refractivity contribution is 7.98. The van der Waals surface area contributed by atoms with Gasteiger partial charge in [-0.3, -0.25) is 4.68 Å². The van der Waals surface area contributed by atoms with E-state index in [-0.39, 0.29) is 21.3 Å². The summed E-state index contributed by atoms with van der Waals surface area (Å²) in [5.41, 5.74) is -0.474. The lowest BCUT2D eigenvalue weighted by Gasteiger charge is -2.11. The Bertz CT molecular complexity index is 675. The molecule has 1 heterocycles. The third-order valence-corrected chi connectivity index (χ3v) is 4.66. The Morgan fingerprint density at radius 3 is 2.05 bits per heavy atom. The summed E-state index contributed by atoms with van der Waals surface area (Å²) < 4.78 is 39.7. The van der Waals surface area contributed by atoms with E-state index in [0.717, 1.165) is 12.1 Å². The zero-order chi connectivity index (χ0) is 15.9. The van der Waals surface area contributed by atoms with Crippen molar-refractivity contribution in [1.29, 1.82) is 0 Å². The van der Waals surface area contributed by atoms with Crippen LogP contribution in [0.2, 0.25) is 15.1 Å². The second-order valence-electron chi connectivity index (χ2n) is 4.11. The molecule has 0 aliphatic heterocycles. The van der Waals surface area contributed by atoms with Gasteiger partial charge in [0.05, 0.1) is 15.6 Å². The minimum absolute atomic E-state index is 0.150. The fourth-order valence-corrected chi connectivity index (χ4v) is 3.56. The molecular formula is C12H8Cl3F3N2S. The van der Waals surface area contributed by atoms with Crippen molar-refractivity contribution >= 4 is 46.6 Å². The van der Waals surface area contributed by atoms with Gasteiger partial charge in [-0.1, -0.05) is 34.8 Å². The van der Waals surface area contributed by atoms with Crippen molar-refractivity contribution < 1.29 is 13.2 Å². The molecule has 21 heavy (non-hydrogen) atoms. The molecule has 0 saturated carbocycles. The molecule has 1 aromatic carbocycles. The molecule has 0 radical (unpaired) electrons. The van der Waals surface area contributed by atoms with Crippen molar-refractivity contribution in [3.8, 4) is 11.3 Å². The first-order chi connectivity index (χ1) is 9.66. The lowest BCUT2D eigenvalue weighted by Crippen LogP contribution is -2.05. The summed E-state index contributed by atoms with van der Waals surface area (Å²) in [7, 11) is 1.67. The molecule has 0 aliphatic carbocycles. The smallest absolute Gasteiger partial charge is 0.260 e. The molecule has 0 spiro atoms. The van der Waals surface area contributed by atoms with Gasteiger partial charge in [0, 0.05) is 12.6 Å². The number of aromatic nitrogens is 2. The number of hydrogen-bond donors (Lipinski definition) is 0. The Kier molecular flexibility index (Phi) is 4.73. The van der Waals surface area contributed by atoms with Crippen LogP contribution in [0.15, 0.2) is 17.2 Å². The zero-order valence-electron chi connectivity index (χ0n) is 10.7. The number of benzene rings is 1. The summed E-state index contributed by atoms with van der Waals surface area (Å²) in [6.45, 7) is 0. The van der Waals surface area contributed by atoms with E-state index in [1.54, 1.807) is 7.05 Å². The van der Waals surface area contributed by atoms with Gasteiger partial charge in [-0.2, -0.15) is 18.3 Å². The SMILES string of the molecule is CSc1c(Cl)c(-c2c(Cl)cc(C(F)(F)F)cc2Cl)nn1C. The third-order valence-electron chi connectivity index (χ3n) is 2.74. The van der Waals surface area contributed by atoms with Crippen LogP contribution in [0.1, 0.15) is 5.56 Å². The molecule has 0 fully saturated rings. The summed E-state index contributed by atoms with van der Waals surface area (Å²) >= 11 is 19.5. The first kappa shape index (κ1) is 16.8. The fourth-order valence-electron chi connectivity index (χ4n) is 1.83. The number of nitrogens with zero attached hydrogens (tertiary/aromatic N) is 2. The van der Waals surface area contributed by atoms with Crippen molar-refractivity contribution in [3.05, 3.63) is 32.8 Å². The lowest BCUT2D eigenvalue weighted by atomic mass is 10.1. The number of aryl methyl sites for hydroxylation is 1. The molecule has 114 valence electrons. The molecule has 2 aromatic rings. The van der Waals surface area contributed by atoms with Crippen LogP contribution in [-0.4, -0.2) is 16.0 Å². The van der Waals surface area contributed by atoms with Gasteiger partial charge < -0.3 is 0 Å². The summed E-state index contributed by atoms with van der Waals surface area (Å²) in [5.74, 6) is 0. The van der Waals surface area contributed by atoms with E-state index >= 15 is 0 Å². The maximum absolute atomic E-state index is 12.7. The van der Waals surface area contributed by atoms with Crippen molar-refractivity contribution in [3.63, 3.8) is 0 Å². The van der Waals surface area contributed by atoms with Gasteiger partial charge in [-0.15, -0.1) is 11.8 Å². The molecule has 2 nitrogen and oxygen atoms in total. The van der Waals surface area contributed by atoms with E-state index in [1.807, 2.05) is 6.26 Å². The third kappa shape index (κ3) is 3.13. The van der Waals surface area contributed by atoms with Crippen LogP contribution in [0.25, 0.3) is 11.3 Å². The summed E-state index contributed by atoms with van der Waals surface area (Å²) in [6, 6.07) is 1.62. The van der Waals surface area contributed by atoms with Crippen LogP contribution < -0.4 is 0 Å². The quantitative estimate of drug-likeness (QED) is 0.618. The Balaban J connectivity index is 2.66. The average molecular weight is 376 g/mol. The van der Waals surface area contributed by atoms with E-state index in [2.05, 4.69) is 5.10 Å². The molecule has 2 rings (SSSR count). The molecule has 0 amide bonds. The molecular weight excluding hydrogens is 368 g/mol. The van der Waals surface area contributed by atoms with Crippen LogP contribution in [-0.2, 0) is 13.2 Å². The van der Waals surface area contributed by atoms with Crippen LogP contribution in [0, 0.1) is 0 Å². The van der Waals surface area contributed by atoms with E-state index in [4.69, 9.17) is 34.8 Å². The number of halogens is 6. The topological polar surface area (TPSA) is 17.8 Å². The van der Waals surface area contributed by atoms with E-state index < -0.39 is 11.7 Å². The van der Waals surface area contributed by atoms with Crippen molar-refractivity contribution in [2.45, 2.75) is 11.2 Å². The van der Waals surface area contributed by atoms with Gasteiger partial charge in [0.25, 0.3) is 0 Å². The normalized spacial score (nSPS) is 12.0. The maximum atomic E-state index is 12.7. The van der Waals surface area contributed by atoms with E-state index in [0.29, 0.717) is 10.0 Å². The summed E-state index contributed by atoms with van der Waals surface area (Å²) in [5, 5.41) is 4.84. The summed E-state index contributed by atoms with van der Waals surface area (Å²) in [4.78, 5) is 0. The number of rotatable bonds is 2. The Hall–Kier alpha value is -0.560. The monoisotopic (exact) mass is 374 g/mol. The molecule has 0 bridgehead atoms. The predicted molar refractivity (Wildman–Crippen MR) is 80.5 cm³/mol. The highest BCUT2D eigenvalue weighted by atomic mass is 35.5. The number of hydrogen-bond acceptors (Lipinski definition) is 2. The zero-order valence-corrected chi connectivity index (χ0v) is 13.8.